The number of para-hydroxylation sites is 1. The average Bonchev–Trinajstić information content (AvgIpc) is 3.09. The molecular weight excluding hydrogens is 386 g/mol. The lowest BCUT2D eigenvalue weighted by Gasteiger charge is -2.32. The van der Waals surface area contributed by atoms with Crippen molar-refractivity contribution in [1.82, 2.24) is 9.80 Å². The molecule has 31 heavy (non-hydrogen) atoms. The minimum absolute atomic E-state index is 0.0221. The summed E-state index contributed by atoms with van der Waals surface area (Å²) in [5.41, 5.74) is 2.52. The third-order valence-corrected chi connectivity index (χ3v) is 6.43. The van der Waals surface area contributed by atoms with Crippen LogP contribution in [-0.2, 0) is 11.3 Å². The fourth-order valence-electron chi connectivity index (χ4n) is 4.71. The van der Waals surface area contributed by atoms with Crippen molar-refractivity contribution >= 4 is 17.5 Å². The van der Waals surface area contributed by atoms with E-state index in [0.29, 0.717) is 11.3 Å². The summed E-state index contributed by atoms with van der Waals surface area (Å²) in [4.78, 5) is 30.6. The lowest BCUT2D eigenvalue weighted by Crippen LogP contribution is -2.40. The molecule has 1 N–H and O–H groups in total. The fourth-order valence-corrected chi connectivity index (χ4v) is 4.71. The topological polar surface area (TPSA) is 52.7 Å². The third-order valence-electron chi connectivity index (χ3n) is 6.43. The monoisotopic (exact) mass is 419 g/mol. The van der Waals surface area contributed by atoms with Crippen LogP contribution in [0.25, 0.3) is 0 Å². The Morgan fingerprint density at radius 1 is 0.839 bits per heavy atom. The molecule has 1 atom stereocenters. The molecule has 0 spiro atoms. The Morgan fingerprint density at radius 2 is 1.55 bits per heavy atom. The zero-order chi connectivity index (χ0) is 21.5. The number of piperidine rings is 1. The molecule has 4 rings (SSSR count). The lowest BCUT2D eigenvalue weighted by molar-refractivity contribution is -0.121. The summed E-state index contributed by atoms with van der Waals surface area (Å²) >= 11 is 0. The fraction of sp³-hybridized carbons (Fsp3) is 0.462. The van der Waals surface area contributed by atoms with E-state index in [-0.39, 0.29) is 17.7 Å². The van der Waals surface area contributed by atoms with E-state index >= 15 is 0 Å². The molecule has 2 amide bonds. The molecule has 2 aliphatic rings. The SMILES string of the molecule is O=C(Nc1ccccc1C(=O)N1CCCCCC1)C1CCCN(Cc2ccccc2)C1. The van der Waals surface area contributed by atoms with Crippen LogP contribution in [0, 0.1) is 5.92 Å². The van der Waals surface area contributed by atoms with E-state index in [4.69, 9.17) is 0 Å². The predicted molar refractivity (Wildman–Crippen MR) is 124 cm³/mol. The molecule has 0 saturated carbocycles. The van der Waals surface area contributed by atoms with Gasteiger partial charge in [0, 0.05) is 26.2 Å². The van der Waals surface area contributed by atoms with Crippen LogP contribution in [0.1, 0.15) is 54.4 Å². The quantitative estimate of drug-likeness (QED) is 0.773. The van der Waals surface area contributed by atoms with E-state index in [9.17, 15) is 9.59 Å². The second-order valence-corrected chi connectivity index (χ2v) is 8.80. The number of hydrogen-bond acceptors (Lipinski definition) is 3. The number of benzene rings is 2. The van der Waals surface area contributed by atoms with Gasteiger partial charge < -0.3 is 10.2 Å². The summed E-state index contributed by atoms with van der Waals surface area (Å²) < 4.78 is 0. The average molecular weight is 420 g/mol. The number of likely N-dealkylation sites (tertiary alicyclic amines) is 2. The lowest BCUT2D eigenvalue weighted by atomic mass is 9.96. The molecular formula is C26H33N3O2. The zero-order valence-electron chi connectivity index (χ0n) is 18.3. The second-order valence-electron chi connectivity index (χ2n) is 8.80. The van der Waals surface area contributed by atoms with Gasteiger partial charge in [0.1, 0.15) is 0 Å². The highest BCUT2D eigenvalue weighted by Crippen LogP contribution is 2.24. The van der Waals surface area contributed by atoms with Gasteiger partial charge in [-0.15, -0.1) is 0 Å². The van der Waals surface area contributed by atoms with Crippen molar-refractivity contribution in [3.63, 3.8) is 0 Å². The molecule has 2 aromatic carbocycles. The molecule has 2 fully saturated rings. The Labute approximate surface area is 185 Å². The number of anilines is 1. The van der Waals surface area contributed by atoms with Gasteiger partial charge in [-0.1, -0.05) is 55.3 Å². The highest BCUT2D eigenvalue weighted by molar-refractivity contribution is 6.04. The van der Waals surface area contributed by atoms with Crippen LogP contribution < -0.4 is 5.32 Å². The summed E-state index contributed by atoms with van der Waals surface area (Å²) in [6.07, 6.45) is 6.38. The van der Waals surface area contributed by atoms with Crippen molar-refractivity contribution in [2.75, 3.05) is 31.5 Å². The first-order valence-corrected chi connectivity index (χ1v) is 11.7. The zero-order valence-corrected chi connectivity index (χ0v) is 18.3. The minimum Gasteiger partial charge on any atom is -0.339 e. The van der Waals surface area contributed by atoms with Gasteiger partial charge in [0.05, 0.1) is 17.2 Å². The van der Waals surface area contributed by atoms with Crippen molar-refractivity contribution in [3.05, 3.63) is 65.7 Å². The molecule has 2 saturated heterocycles. The van der Waals surface area contributed by atoms with Gasteiger partial charge in [-0.3, -0.25) is 14.5 Å². The summed E-state index contributed by atoms with van der Waals surface area (Å²) in [5.74, 6) is -0.000154. The van der Waals surface area contributed by atoms with E-state index in [1.165, 1.54) is 18.4 Å². The maximum absolute atomic E-state index is 13.2. The number of amides is 2. The number of rotatable bonds is 5. The van der Waals surface area contributed by atoms with Crippen LogP contribution >= 0.6 is 0 Å². The first kappa shape index (κ1) is 21.6. The van der Waals surface area contributed by atoms with Gasteiger partial charge >= 0.3 is 0 Å². The van der Waals surface area contributed by atoms with Crippen LogP contribution in [0.5, 0.6) is 0 Å². The largest absolute Gasteiger partial charge is 0.339 e. The predicted octanol–water partition coefficient (Wildman–Crippen LogP) is 4.55. The van der Waals surface area contributed by atoms with Crippen LogP contribution in [0.2, 0.25) is 0 Å². The number of carbonyl (C=O) groups excluding carboxylic acids is 2. The maximum Gasteiger partial charge on any atom is 0.255 e. The van der Waals surface area contributed by atoms with E-state index < -0.39 is 0 Å². The summed E-state index contributed by atoms with van der Waals surface area (Å²) in [6, 6.07) is 17.9. The van der Waals surface area contributed by atoms with Crippen molar-refractivity contribution in [2.24, 2.45) is 5.92 Å². The molecule has 164 valence electrons. The molecule has 0 radical (unpaired) electrons. The summed E-state index contributed by atoms with van der Waals surface area (Å²) in [6.45, 7) is 4.25. The Morgan fingerprint density at radius 3 is 2.32 bits per heavy atom. The molecule has 2 aromatic rings. The number of hydrogen-bond donors (Lipinski definition) is 1. The van der Waals surface area contributed by atoms with Gasteiger partial charge in [-0.2, -0.15) is 0 Å². The van der Waals surface area contributed by atoms with E-state index in [0.717, 1.165) is 58.4 Å². The van der Waals surface area contributed by atoms with Crippen LogP contribution in [0.4, 0.5) is 5.69 Å². The minimum atomic E-state index is -0.0567. The van der Waals surface area contributed by atoms with E-state index in [2.05, 4.69) is 34.5 Å². The smallest absolute Gasteiger partial charge is 0.255 e. The third kappa shape index (κ3) is 5.73. The Hall–Kier alpha value is -2.66. The molecule has 5 heteroatoms. The van der Waals surface area contributed by atoms with E-state index in [1.807, 2.05) is 35.2 Å². The number of nitrogens with zero attached hydrogens (tertiary/aromatic N) is 2. The Kier molecular flexibility index (Phi) is 7.36. The van der Waals surface area contributed by atoms with Crippen molar-refractivity contribution in [1.29, 1.82) is 0 Å². The van der Waals surface area contributed by atoms with Crippen LogP contribution in [0.15, 0.2) is 54.6 Å². The highest BCUT2D eigenvalue weighted by Gasteiger charge is 2.27. The van der Waals surface area contributed by atoms with Gasteiger partial charge in [-0.05, 0) is 49.9 Å². The van der Waals surface area contributed by atoms with Gasteiger partial charge in [0.2, 0.25) is 5.91 Å². The number of carbonyl (C=O) groups is 2. The van der Waals surface area contributed by atoms with Crippen molar-refractivity contribution in [2.45, 2.75) is 45.1 Å². The van der Waals surface area contributed by atoms with Crippen LogP contribution in [-0.4, -0.2) is 47.8 Å². The van der Waals surface area contributed by atoms with Crippen molar-refractivity contribution < 1.29 is 9.59 Å². The number of nitrogens with one attached hydrogen (secondary N) is 1. The standard InChI is InChI=1S/C26H33N3O2/c30-25(22-13-10-16-28(20-22)19-21-11-4-3-5-12-21)27-24-15-7-6-14-23(24)26(31)29-17-8-1-2-9-18-29/h3-7,11-12,14-15,22H,1-2,8-10,13,16-20H2,(H,27,30). The van der Waals surface area contributed by atoms with E-state index in [1.54, 1.807) is 0 Å². The molecule has 2 aliphatic heterocycles. The molecule has 5 nitrogen and oxygen atoms in total. The molecule has 2 heterocycles. The van der Waals surface area contributed by atoms with Gasteiger partial charge in [0.25, 0.3) is 5.91 Å². The molecule has 0 bridgehead atoms. The Bertz CT molecular complexity index is 875. The molecule has 0 aromatic heterocycles. The van der Waals surface area contributed by atoms with Crippen LogP contribution in [0.3, 0.4) is 0 Å². The summed E-state index contributed by atoms with van der Waals surface area (Å²) in [7, 11) is 0. The first-order valence-electron chi connectivity index (χ1n) is 11.7. The molecule has 0 aliphatic carbocycles. The summed E-state index contributed by atoms with van der Waals surface area (Å²) in [5, 5.41) is 3.09. The highest BCUT2D eigenvalue weighted by atomic mass is 16.2. The Balaban J connectivity index is 1.40. The maximum atomic E-state index is 13.2. The first-order chi connectivity index (χ1) is 15.2. The molecule has 1 unspecified atom stereocenters. The van der Waals surface area contributed by atoms with Gasteiger partial charge in [0.15, 0.2) is 0 Å². The normalized spacial score (nSPS) is 20.1. The van der Waals surface area contributed by atoms with Crippen molar-refractivity contribution in [3.8, 4) is 0 Å². The second kappa shape index (κ2) is 10.6. The van der Waals surface area contributed by atoms with Gasteiger partial charge in [-0.25, -0.2) is 0 Å².